The second kappa shape index (κ2) is 8.67. The Bertz CT molecular complexity index is 688. The number of hydrogen-bond donors (Lipinski definition) is 2. The lowest BCUT2D eigenvalue weighted by Gasteiger charge is -2.13. The van der Waals surface area contributed by atoms with E-state index in [9.17, 15) is 9.59 Å². The van der Waals surface area contributed by atoms with Crippen molar-refractivity contribution in [1.29, 1.82) is 0 Å². The third kappa shape index (κ3) is 5.39. The number of pyridine rings is 1. The van der Waals surface area contributed by atoms with Crippen molar-refractivity contribution in [2.45, 2.75) is 32.2 Å². The predicted molar refractivity (Wildman–Crippen MR) is 88.9 cm³/mol. The molecule has 0 saturated carbocycles. The van der Waals surface area contributed by atoms with Gasteiger partial charge in [0.05, 0.1) is 12.6 Å². The molecule has 2 rings (SSSR count). The van der Waals surface area contributed by atoms with Crippen LogP contribution in [0.5, 0.6) is 11.5 Å². The van der Waals surface area contributed by atoms with Crippen LogP contribution in [0, 0.1) is 0 Å². The van der Waals surface area contributed by atoms with Crippen molar-refractivity contribution in [3.05, 3.63) is 54.4 Å². The van der Waals surface area contributed by atoms with Gasteiger partial charge in [-0.25, -0.2) is 4.79 Å². The molecule has 1 heterocycles. The molecule has 0 aliphatic heterocycles. The van der Waals surface area contributed by atoms with Gasteiger partial charge in [0, 0.05) is 6.20 Å². The maximum atomic E-state index is 12.0. The minimum atomic E-state index is -1.02. The number of para-hydroxylation sites is 1. The van der Waals surface area contributed by atoms with Crippen molar-refractivity contribution in [3.8, 4) is 11.5 Å². The monoisotopic (exact) mass is 328 g/mol. The molecular formula is C18H20N2O4. The van der Waals surface area contributed by atoms with Crippen LogP contribution in [-0.2, 0) is 16.0 Å². The van der Waals surface area contributed by atoms with E-state index in [-0.39, 0.29) is 12.3 Å². The van der Waals surface area contributed by atoms with Gasteiger partial charge in [0.25, 0.3) is 0 Å². The molecule has 1 atom stereocenters. The fraction of sp³-hybridized carbons (Fsp3) is 0.278. The second-order valence-corrected chi connectivity index (χ2v) is 5.37. The van der Waals surface area contributed by atoms with E-state index < -0.39 is 12.0 Å². The molecule has 1 unspecified atom stereocenters. The van der Waals surface area contributed by atoms with E-state index in [0.29, 0.717) is 29.9 Å². The number of carboxylic acids is 1. The molecule has 126 valence electrons. The van der Waals surface area contributed by atoms with Crippen LogP contribution in [-0.4, -0.2) is 28.0 Å². The van der Waals surface area contributed by atoms with Crippen LogP contribution in [0.2, 0.25) is 0 Å². The van der Waals surface area contributed by atoms with Gasteiger partial charge in [0.2, 0.25) is 5.91 Å². The highest BCUT2D eigenvalue weighted by molar-refractivity contribution is 5.84. The molecule has 6 nitrogen and oxygen atoms in total. The van der Waals surface area contributed by atoms with E-state index in [1.807, 2.05) is 37.3 Å². The summed E-state index contributed by atoms with van der Waals surface area (Å²) in [5, 5.41) is 11.6. The summed E-state index contributed by atoms with van der Waals surface area (Å²) in [4.78, 5) is 27.2. The second-order valence-electron chi connectivity index (χ2n) is 5.37. The normalized spacial score (nSPS) is 11.5. The van der Waals surface area contributed by atoms with E-state index in [4.69, 9.17) is 9.84 Å². The third-order valence-electron chi connectivity index (χ3n) is 3.32. The van der Waals surface area contributed by atoms with Crippen LogP contribution in [0.4, 0.5) is 0 Å². The third-order valence-corrected chi connectivity index (χ3v) is 3.32. The smallest absolute Gasteiger partial charge is 0.326 e. The molecule has 2 N–H and O–H groups in total. The summed E-state index contributed by atoms with van der Waals surface area (Å²) >= 11 is 0. The molecule has 0 aliphatic carbocycles. The fourth-order valence-corrected chi connectivity index (χ4v) is 2.22. The number of carbonyl (C=O) groups is 2. The number of rotatable bonds is 8. The lowest BCUT2D eigenvalue weighted by molar-refractivity contribution is -0.141. The zero-order valence-electron chi connectivity index (χ0n) is 13.4. The average molecular weight is 328 g/mol. The number of aromatic nitrogens is 1. The van der Waals surface area contributed by atoms with Crippen LogP contribution in [0.3, 0.4) is 0 Å². The Hall–Kier alpha value is -2.89. The molecule has 0 fully saturated rings. The predicted octanol–water partition coefficient (Wildman–Crippen LogP) is 2.79. The maximum Gasteiger partial charge on any atom is 0.326 e. The Morgan fingerprint density at radius 3 is 2.62 bits per heavy atom. The van der Waals surface area contributed by atoms with Gasteiger partial charge in [-0.1, -0.05) is 31.5 Å². The highest BCUT2D eigenvalue weighted by Crippen LogP contribution is 2.20. The summed E-state index contributed by atoms with van der Waals surface area (Å²) in [5.41, 5.74) is 0.654. The summed E-state index contributed by atoms with van der Waals surface area (Å²) in [6.07, 6.45) is 4.25. The number of ether oxygens (including phenoxy) is 1. The van der Waals surface area contributed by atoms with Gasteiger partial charge in [0.1, 0.15) is 17.5 Å². The number of hydrogen-bond acceptors (Lipinski definition) is 4. The minimum Gasteiger partial charge on any atom is -0.480 e. The molecule has 6 heteroatoms. The van der Waals surface area contributed by atoms with Crippen LogP contribution in [0.15, 0.2) is 48.8 Å². The van der Waals surface area contributed by atoms with Crippen molar-refractivity contribution in [2.75, 3.05) is 0 Å². The van der Waals surface area contributed by atoms with Gasteiger partial charge in [0.15, 0.2) is 0 Å². The Labute approximate surface area is 140 Å². The number of carbonyl (C=O) groups excluding carboxylic acids is 1. The van der Waals surface area contributed by atoms with Crippen molar-refractivity contribution in [2.24, 2.45) is 0 Å². The highest BCUT2D eigenvalue weighted by atomic mass is 16.5. The average Bonchev–Trinajstić information content (AvgIpc) is 2.55. The van der Waals surface area contributed by atoms with Crippen molar-refractivity contribution in [1.82, 2.24) is 10.3 Å². The Kier molecular flexibility index (Phi) is 6.31. The Morgan fingerprint density at radius 1 is 1.21 bits per heavy atom. The summed E-state index contributed by atoms with van der Waals surface area (Å²) in [6, 6.07) is 10.1. The molecule has 0 saturated heterocycles. The number of amides is 1. The van der Waals surface area contributed by atoms with E-state index in [0.717, 1.165) is 0 Å². The van der Waals surface area contributed by atoms with Gasteiger partial charge >= 0.3 is 5.97 Å². The molecule has 0 spiro atoms. The molecule has 24 heavy (non-hydrogen) atoms. The van der Waals surface area contributed by atoms with E-state index >= 15 is 0 Å². The van der Waals surface area contributed by atoms with Crippen LogP contribution < -0.4 is 10.1 Å². The molecule has 1 aromatic heterocycles. The van der Waals surface area contributed by atoms with Crippen LogP contribution in [0.1, 0.15) is 25.3 Å². The molecule has 0 radical (unpaired) electrons. The molecule has 0 aliphatic rings. The number of nitrogens with one attached hydrogen (secondary N) is 1. The summed E-state index contributed by atoms with van der Waals surface area (Å²) in [7, 11) is 0. The first-order chi connectivity index (χ1) is 11.6. The fourth-order valence-electron chi connectivity index (χ4n) is 2.22. The van der Waals surface area contributed by atoms with Crippen LogP contribution >= 0.6 is 0 Å². The molecule has 1 aromatic carbocycles. The quantitative estimate of drug-likeness (QED) is 0.778. The molecular weight excluding hydrogens is 308 g/mol. The topological polar surface area (TPSA) is 88.5 Å². The summed E-state index contributed by atoms with van der Waals surface area (Å²) in [5.74, 6) is -0.177. The summed E-state index contributed by atoms with van der Waals surface area (Å²) < 4.78 is 5.67. The summed E-state index contributed by atoms with van der Waals surface area (Å²) in [6.45, 7) is 1.87. The van der Waals surface area contributed by atoms with E-state index in [1.165, 1.54) is 0 Å². The molecule has 0 bridgehead atoms. The standard InChI is InChI=1S/C18H20N2O4/c1-2-6-16(18(22)23)20-17(21)10-13-9-15(12-19-11-13)24-14-7-4-3-5-8-14/h3-5,7-9,11-12,16H,2,6,10H2,1H3,(H,20,21)(H,22,23). The van der Waals surface area contributed by atoms with E-state index in [2.05, 4.69) is 10.3 Å². The number of aliphatic carboxylic acids is 1. The van der Waals surface area contributed by atoms with Crippen molar-refractivity contribution in [3.63, 3.8) is 0 Å². The lowest BCUT2D eigenvalue weighted by atomic mass is 10.1. The zero-order valence-corrected chi connectivity index (χ0v) is 13.4. The number of nitrogens with zero attached hydrogens (tertiary/aromatic N) is 1. The van der Waals surface area contributed by atoms with Crippen molar-refractivity contribution >= 4 is 11.9 Å². The first kappa shape index (κ1) is 17.5. The van der Waals surface area contributed by atoms with Gasteiger partial charge in [-0.3, -0.25) is 9.78 Å². The van der Waals surface area contributed by atoms with Gasteiger partial charge in [-0.05, 0) is 30.2 Å². The van der Waals surface area contributed by atoms with Gasteiger partial charge in [-0.2, -0.15) is 0 Å². The maximum absolute atomic E-state index is 12.0. The van der Waals surface area contributed by atoms with E-state index in [1.54, 1.807) is 18.5 Å². The van der Waals surface area contributed by atoms with Gasteiger partial charge < -0.3 is 15.2 Å². The molecule has 2 aromatic rings. The SMILES string of the molecule is CCCC(NC(=O)Cc1cncc(Oc2ccccc2)c1)C(=O)O. The van der Waals surface area contributed by atoms with Gasteiger partial charge in [-0.15, -0.1) is 0 Å². The number of benzene rings is 1. The zero-order chi connectivity index (χ0) is 17.4. The Balaban J connectivity index is 1.98. The Morgan fingerprint density at radius 2 is 1.96 bits per heavy atom. The first-order valence-electron chi connectivity index (χ1n) is 7.77. The molecule has 1 amide bonds. The van der Waals surface area contributed by atoms with Crippen molar-refractivity contribution < 1.29 is 19.4 Å². The number of carboxylic acid groups (broad SMARTS) is 1. The largest absolute Gasteiger partial charge is 0.480 e. The minimum absolute atomic E-state index is 0.0481. The highest BCUT2D eigenvalue weighted by Gasteiger charge is 2.18. The first-order valence-corrected chi connectivity index (χ1v) is 7.77. The lowest BCUT2D eigenvalue weighted by Crippen LogP contribution is -2.41. The van der Waals surface area contributed by atoms with Crippen LogP contribution in [0.25, 0.3) is 0 Å².